The molecule has 3 nitrogen and oxygen atoms in total. The average molecular weight is 340 g/mol. The summed E-state index contributed by atoms with van der Waals surface area (Å²) in [5.41, 5.74) is 0.0572. The van der Waals surface area contributed by atoms with Crippen molar-refractivity contribution < 1.29 is 9.90 Å². The molecule has 1 aliphatic carbocycles. The summed E-state index contributed by atoms with van der Waals surface area (Å²) in [5.74, 6) is -0.0604. The normalized spacial score (nSPS) is 26.8. The highest BCUT2D eigenvalue weighted by molar-refractivity contribution is 9.10. The maximum atomic E-state index is 11.8. The summed E-state index contributed by atoms with van der Waals surface area (Å²) in [4.78, 5) is 11.8. The van der Waals surface area contributed by atoms with E-state index < -0.39 is 11.5 Å². The van der Waals surface area contributed by atoms with E-state index in [0.29, 0.717) is 18.8 Å². The second-order valence-corrected chi connectivity index (χ2v) is 6.64. The lowest BCUT2D eigenvalue weighted by atomic mass is 9.89. The van der Waals surface area contributed by atoms with Gasteiger partial charge in [0.2, 0.25) is 0 Å². The van der Waals surface area contributed by atoms with Gasteiger partial charge in [0.1, 0.15) is 5.54 Å². The number of nitrogens with one attached hydrogen (secondary N) is 1. The molecule has 4 heteroatoms. The summed E-state index contributed by atoms with van der Waals surface area (Å²) in [5, 5.41) is 13.0. The number of carboxylic acids is 1. The molecular weight excluding hydrogens is 318 g/mol. The van der Waals surface area contributed by atoms with Crippen molar-refractivity contribution in [1.82, 2.24) is 0 Å². The maximum Gasteiger partial charge on any atom is 0.329 e. The Bertz CT molecular complexity index is 477. The van der Waals surface area contributed by atoms with E-state index in [1.54, 1.807) is 0 Å². The van der Waals surface area contributed by atoms with Crippen molar-refractivity contribution in [3.63, 3.8) is 0 Å². The first kappa shape index (κ1) is 15.4. The van der Waals surface area contributed by atoms with E-state index in [1.807, 2.05) is 24.3 Å². The third-order valence-electron chi connectivity index (χ3n) is 4.39. The molecule has 110 valence electrons. The number of aliphatic carboxylic acids is 1. The van der Waals surface area contributed by atoms with Gasteiger partial charge in [0.25, 0.3) is 0 Å². The zero-order valence-corrected chi connectivity index (χ0v) is 13.4. The van der Waals surface area contributed by atoms with Crippen LogP contribution >= 0.6 is 15.9 Å². The van der Waals surface area contributed by atoms with Crippen molar-refractivity contribution in [3.8, 4) is 0 Å². The summed E-state index contributed by atoms with van der Waals surface area (Å²) in [6.07, 6.45) is 5.66. The second kappa shape index (κ2) is 6.61. The van der Waals surface area contributed by atoms with Gasteiger partial charge in [-0.05, 0) is 43.4 Å². The van der Waals surface area contributed by atoms with Crippen LogP contribution in [-0.2, 0) is 4.79 Å². The smallest absolute Gasteiger partial charge is 0.329 e. The van der Waals surface area contributed by atoms with Crippen LogP contribution < -0.4 is 5.32 Å². The Morgan fingerprint density at radius 2 is 2.25 bits per heavy atom. The zero-order valence-electron chi connectivity index (χ0n) is 11.9. The predicted molar refractivity (Wildman–Crippen MR) is 85.0 cm³/mol. The molecule has 2 N–H and O–H groups in total. The number of carboxylic acid groups (broad SMARTS) is 1. The third-order valence-corrected chi connectivity index (χ3v) is 4.88. The molecule has 2 atom stereocenters. The van der Waals surface area contributed by atoms with Crippen molar-refractivity contribution in [2.24, 2.45) is 5.92 Å². The Balaban J connectivity index is 2.19. The number of hydrogen-bond acceptors (Lipinski definition) is 2. The highest BCUT2D eigenvalue weighted by Crippen LogP contribution is 2.35. The van der Waals surface area contributed by atoms with E-state index >= 15 is 0 Å². The van der Waals surface area contributed by atoms with Gasteiger partial charge in [-0.25, -0.2) is 4.79 Å². The summed E-state index contributed by atoms with van der Waals surface area (Å²) in [6.45, 7) is 2.19. The Morgan fingerprint density at radius 3 is 2.90 bits per heavy atom. The van der Waals surface area contributed by atoms with Gasteiger partial charge >= 0.3 is 5.97 Å². The lowest BCUT2D eigenvalue weighted by molar-refractivity contribution is -0.142. The molecule has 0 radical (unpaired) electrons. The van der Waals surface area contributed by atoms with E-state index in [0.717, 1.165) is 35.8 Å². The fourth-order valence-corrected chi connectivity index (χ4v) is 3.45. The number of halogens is 1. The molecule has 0 heterocycles. The molecule has 0 amide bonds. The van der Waals surface area contributed by atoms with Crippen molar-refractivity contribution >= 4 is 27.6 Å². The Morgan fingerprint density at radius 1 is 1.45 bits per heavy atom. The summed E-state index contributed by atoms with van der Waals surface area (Å²) in [6, 6.07) is 7.73. The molecule has 1 aliphatic rings. The molecule has 0 aliphatic heterocycles. The summed E-state index contributed by atoms with van der Waals surface area (Å²) < 4.78 is 0.961. The van der Waals surface area contributed by atoms with Gasteiger partial charge in [-0.15, -0.1) is 0 Å². The van der Waals surface area contributed by atoms with E-state index in [9.17, 15) is 9.90 Å². The van der Waals surface area contributed by atoms with Gasteiger partial charge in [0, 0.05) is 10.2 Å². The van der Waals surface area contributed by atoms with Gasteiger partial charge in [0.15, 0.2) is 0 Å². The minimum atomic E-state index is -0.815. The van der Waals surface area contributed by atoms with E-state index in [1.165, 1.54) is 0 Å². The van der Waals surface area contributed by atoms with Crippen molar-refractivity contribution in [1.29, 1.82) is 0 Å². The van der Waals surface area contributed by atoms with Crippen LogP contribution in [0.4, 0.5) is 5.69 Å². The van der Waals surface area contributed by atoms with Crippen LogP contribution in [-0.4, -0.2) is 16.6 Å². The number of rotatable bonds is 4. The minimum absolute atomic E-state index is 0.667. The first-order valence-electron chi connectivity index (χ1n) is 7.33. The number of benzene rings is 1. The lowest BCUT2D eigenvalue weighted by Gasteiger charge is -2.30. The van der Waals surface area contributed by atoms with Crippen LogP contribution in [0.5, 0.6) is 0 Å². The van der Waals surface area contributed by atoms with Crippen LogP contribution in [0.3, 0.4) is 0 Å². The minimum Gasteiger partial charge on any atom is -0.480 e. The number of carbonyl (C=O) groups is 1. The van der Waals surface area contributed by atoms with Gasteiger partial charge in [-0.2, -0.15) is 0 Å². The standard InChI is InChI=1S/C16H22BrNO2/c1-2-12-5-4-9-16(10-8-12,15(19)20)18-14-7-3-6-13(17)11-14/h3,6-7,11-12,18H,2,4-5,8-10H2,1H3,(H,19,20). The third kappa shape index (κ3) is 3.54. The molecular formula is C16H22BrNO2. The van der Waals surface area contributed by atoms with Gasteiger partial charge < -0.3 is 10.4 Å². The van der Waals surface area contributed by atoms with Crippen LogP contribution in [0.1, 0.15) is 45.4 Å². The summed E-state index contributed by atoms with van der Waals surface area (Å²) in [7, 11) is 0. The number of anilines is 1. The second-order valence-electron chi connectivity index (χ2n) is 5.73. The molecule has 0 saturated heterocycles. The molecule has 0 spiro atoms. The van der Waals surface area contributed by atoms with E-state index in [4.69, 9.17) is 0 Å². The lowest BCUT2D eigenvalue weighted by Crippen LogP contribution is -2.46. The molecule has 2 rings (SSSR count). The number of hydrogen-bond donors (Lipinski definition) is 2. The maximum absolute atomic E-state index is 11.8. The molecule has 1 fully saturated rings. The monoisotopic (exact) mass is 339 g/mol. The van der Waals surface area contributed by atoms with Crippen LogP contribution in [0.25, 0.3) is 0 Å². The van der Waals surface area contributed by atoms with Crippen molar-refractivity contribution in [2.45, 2.75) is 51.0 Å². The topological polar surface area (TPSA) is 49.3 Å². The Labute approximate surface area is 128 Å². The first-order valence-corrected chi connectivity index (χ1v) is 8.12. The van der Waals surface area contributed by atoms with Gasteiger partial charge in [0.05, 0.1) is 0 Å². The molecule has 1 aromatic rings. The largest absolute Gasteiger partial charge is 0.480 e. The molecule has 1 saturated carbocycles. The van der Waals surface area contributed by atoms with E-state index in [-0.39, 0.29) is 0 Å². The molecule has 20 heavy (non-hydrogen) atoms. The van der Waals surface area contributed by atoms with Crippen LogP contribution in [0.2, 0.25) is 0 Å². The van der Waals surface area contributed by atoms with Crippen molar-refractivity contribution in [2.75, 3.05) is 5.32 Å². The van der Waals surface area contributed by atoms with Gasteiger partial charge in [-0.3, -0.25) is 0 Å². The fourth-order valence-electron chi connectivity index (χ4n) is 3.06. The SMILES string of the molecule is CCC1CCCC(Nc2cccc(Br)c2)(C(=O)O)CC1. The zero-order chi connectivity index (χ0) is 14.6. The highest BCUT2D eigenvalue weighted by Gasteiger charge is 2.39. The quantitative estimate of drug-likeness (QED) is 0.783. The molecule has 0 aromatic heterocycles. The summed E-state index contributed by atoms with van der Waals surface area (Å²) >= 11 is 3.43. The first-order chi connectivity index (χ1) is 9.55. The fraction of sp³-hybridized carbons (Fsp3) is 0.562. The molecule has 1 aromatic carbocycles. The van der Waals surface area contributed by atoms with Crippen LogP contribution in [0.15, 0.2) is 28.7 Å². The predicted octanol–water partition coefficient (Wildman–Crippen LogP) is 4.67. The van der Waals surface area contributed by atoms with E-state index in [2.05, 4.69) is 28.2 Å². The Kier molecular flexibility index (Phi) is 5.08. The Hall–Kier alpha value is -1.03. The van der Waals surface area contributed by atoms with Crippen LogP contribution in [0, 0.1) is 5.92 Å². The highest BCUT2D eigenvalue weighted by atomic mass is 79.9. The molecule has 0 bridgehead atoms. The van der Waals surface area contributed by atoms with Crippen molar-refractivity contribution in [3.05, 3.63) is 28.7 Å². The average Bonchev–Trinajstić information content (AvgIpc) is 2.62. The molecule has 2 unspecified atom stereocenters. The van der Waals surface area contributed by atoms with Gasteiger partial charge in [-0.1, -0.05) is 48.2 Å².